The summed E-state index contributed by atoms with van der Waals surface area (Å²) < 4.78 is 5.24. The van der Waals surface area contributed by atoms with Crippen LogP contribution in [0, 0.1) is 0 Å². The number of hydrogen-bond donors (Lipinski definition) is 3. The van der Waals surface area contributed by atoms with Crippen molar-refractivity contribution >= 4 is 11.4 Å². The zero-order valence-electron chi connectivity index (χ0n) is 9.83. The lowest BCUT2D eigenvalue weighted by molar-refractivity contribution is 0.144. The molecule has 0 fully saturated rings. The normalized spacial score (nSPS) is 10.6. The van der Waals surface area contributed by atoms with E-state index in [0.717, 1.165) is 38.3 Å². The molecule has 0 spiro atoms. The Balaban J connectivity index is 2.19. The fourth-order valence-electron chi connectivity index (χ4n) is 1.41. The maximum atomic E-state index is 5.72. The van der Waals surface area contributed by atoms with Gasteiger partial charge < -0.3 is 21.5 Å². The van der Waals surface area contributed by atoms with Crippen molar-refractivity contribution in [3.63, 3.8) is 0 Å². The summed E-state index contributed by atoms with van der Waals surface area (Å²) in [7, 11) is 0. The maximum Gasteiger partial charge on any atom is 0.0551 e. The van der Waals surface area contributed by atoms with Gasteiger partial charge in [-0.1, -0.05) is 6.07 Å². The van der Waals surface area contributed by atoms with Gasteiger partial charge in [-0.3, -0.25) is 0 Å². The molecular formula is C12H21N3O. The second-order valence-electron chi connectivity index (χ2n) is 3.69. The summed E-state index contributed by atoms with van der Waals surface area (Å²) in [5, 5.41) is 3.33. The second kappa shape index (κ2) is 7.09. The van der Waals surface area contributed by atoms with Crippen LogP contribution in [-0.2, 0) is 11.3 Å². The predicted molar refractivity (Wildman–Crippen MR) is 68.1 cm³/mol. The standard InChI is InChI=1S/C12H21N3O/c1-2-16-7-3-6-15-9-10-4-5-11(13)12(14)8-10/h4-5,8,15H,2-3,6-7,9,13-14H2,1H3. The van der Waals surface area contributed by atoms with Crippen molar-refractivity contribution < 1.29 is 4.74 Å². The number of anilines is 2. The van der Waals surface area contributed by atoms with Crippen LogP contribution in [0.2, 0.25) is 0 Å². The molecular weight excluding hydrogens is 202 g/mol. The summed E-state index contributed by atoms with van der Waals surface area (Å²) in [6.45, 7) is 5.37. The molecule has 0 saturated carbocycles. The molecule has 0 unspecified atom stereocenters. The molecule has 0 heterocycles. The van der Waals surface area contributed by atoms with Crippen LogP contribution in [0.5, 0.6) is 0 Å². The number of rotatable bonds is 7. The molecule has 4 heteroatoms. The lowest BCUT2D eigenvalue weighted by atomic mass is 10.2. The Bertz CT molecular complexity index is 315. The van der Waals surface area contributed by atoms with Gasteiger partial charge >= 0.3 is 0 Å². The van der Waals surface area contributed by atoms with Gasteiger partial charge in [-0.15, -0.1) is 0 Å². The molecule has 1 rings (SSSR count). The average molecular weight is 223 g/mol. The lowest BCUT2D eigenvalue weighted by Crippen LogP contribution is -2.16. The van der Waals surface area contributed by atoms with Gasteiger partial charge in [0, 0.05) is 19.8 Å². The van der Waals surface area contributed by atoms with Crippen LogP contribution in [0.15, 0.2) is 18.2 Å². The molecule has 90 valence electrons. The van der Waals surface area contributed by atoms with Gasteiger partial charge in [0.05, 0.1) is 11.4 Å². The van der Waals surface area contributed by atoms with Crippen LogP contribution in [0.25, 0.3) is 0 Å². The Hall–Kier alpha value is -1.26. The number of nitrogens with two attached hydrogens (primary N) is 2. The molecule has 0 aromatic heterocycles. The highest BCUT2D eigenvalue weighted by molar-refractivity contribution is 5.63. The molecule has 0 aliphatic rings. The summed E-state index contributed by atoms with van der Waals surface area (Å²) >= 11 is 0. The van der Waals surface area contributed by atoms with Crippen LogP contribution in [0.1, 0.15) is 18.9 Å². The van der Waals surface area contributed by atoms with Gasteiger partial charge in [0.2, 0.25) is 0 Å². The van der Waals surface area contributed by atoms with Crippen LogP contribution in [0.4, 0.5) is 11.4 Å². The Morgan fingerprint density at radius 2 is 2.06 bits per heavy atom. The van der Waals surface area contributed by atoms with Crippen LogP contribution in [-0.4, -0.2) is 19.8 Å². The lowest BCUT2D eigenvalue weighted by Gasteiger charge is -2.07. The molecule has 0 atom stereocenters. The Kier molecular flexibility index (Phi) is 5.67. The third-order valence-electron chi connectivity index (χ3n) is 2.33. The summed E-state index contributed by atoms with van der Waals surface area (Å²) in [5.74, 6) is 0. The van der Waals surface area contributed by atoms with E-state index in [0.29, 0.717) is 11.4 Å². The monoisotopic (exact) mass is 223 g/mol. The largest absolute Gasteiger partial charge is 0.397 e. The smallest absolute Gasteiger partial charge is 0.0551 e. The number of benzene rings is 1. The van der Waals surface area contributed by atoms with Crippen LogP contribution >= 0.6 is 0 Å². The highest BCUT2D eigenvalue weighted by atomic mass is 16.5. The first-order valence-electron chi connectivity index (χ1n) is 5.66. The Morgan fingerprint density at radius 3 is 2.75 bits per heavy atom. The van der Waals surface area contributed by atoms with Crippen LogP contribution < -0.4 is 16.8 Å². The molecule has 0 bridgehead atoms. The number of hydrogen-bond acceptors (Lipinski definition) is 4. The minimum Gasteiger partial charge on any atom is -0.397 e. The van der Waals surface area contributed by atoms with Crippen LogP contribution in [0.3, 0.4) is 0 Å². The van der Waals surface area contributed by atoms with Gasteiger partial charge in [0.1, 0.15) is 0 Å². The van der Waals surface area contributed by atoms with Crippen molar-refractivity contribution in [2.75, 3.05) is 31.2 Å². The molecule has 0 radical (unpaired) electrons. The van der Waals surface area contributed by atoms with Gasteiger partial charge in [-0.25, -0.2) is 0 Å². The van der Waals surface area contributed by atoms with Crippen molar-refractivity contribution in [1.29, 1.82) is 0 Å². The highest BCUT2D eigenvalue weighted by Crippen LogP contribution is 2.15. The van der Waals surface area contributed by atoms with E-state index in [1.54, 1.807) is 0 Å². The zero-order chi connectivity index (χ0) is 11.8. The van der Waals surface area contributed by atoms with Crippen molar-refractivity contribution in [3.05, 3.63) is 23.8 Å². The first kappa shape index (κ1) is 12.8. The number of nitrogen functional groups attached to an aromatic ring is 2. The number of ether oxygens (including phenoxy) is 1. The molecule has 0 aliphatic heterocycles. The van der Waals surface area contributed by atoms with Crippen molar-refractivity contribution in [2.45, 2.75) is 19.9 Å². The summed E-state index contributed by atoms with van der Waals surface area (Å²) in [4.78, 5) is 0. The maximum absolute atomic E-state index is 5.72. The van der Waals surface area contributed by atoms with E-state index >= 15 is 0 Å². The fourth-order valence-corrected chi connectivity index (χ4v) is 1.41. The minimum absolute atomic E-state index is 0.639. The molecule has 1 aromatic rings. The van der Waals surface area contributed by atoms with Crippen molar-refractivity contribution in [2.24, 2.45) is 0 Å². The van der Waals surface area contributed by atoms with Gasteiger partial charge in [0.25, 0.3) is 0 Å². The molecule has 1 aromatic carbocycles. The van der Waals surface area contributed by atoms with E-state index in [2.05, 4.69) is 5.32 Å². The first-order chi connectivity index (χ1) is 7.74. The molecule has 0 amide bonds. The van der Waals surface area contributed by atoms with E-state index in [4.69, 9.17) is 16.2 Å². The summed E-state index contributed by atoms with van der Waals surface area (Å²) in [6.07, 6.45) is 1.03. The third kappa shape index (κ3) is 4.51. The number of nitrogens with one attached hydrogen (secondary N) is 1. The summed E-state index contributed by atoms with van der Waals surface area (Å²) in [6, 6.07) is 5.73. The van der Waals surface area contributed by atoms with Gasteiger partial charge in [-0.2, -0.15) is 0 Å². The predicted octanol–water partition coefficient (Wildman–Crippen LogP) is 1.37. The topological polar surface area (TPSA) is 73.3 Å². The fraction of sp³-hybridized carbons (Fsp3) is 0.500. The highest BCUT2D eigenvalue weighted by Gasteiger charge is 1.97. The van der Waals surface area contributed by atoms with Crippen molar-refractivity contribution in [1.82, 2.24) is 5.32 Å². The zero-order valence-corrected chi connectivity index (χ0v) is 9.83. The van der Waals surface area contributed by atoms with Gasteiger partial charge in [-0.05, 0) is 37.6 Å². The van der Waals surface area contributed by atoms with Crippen molar-refractivity contribution in [3.8, 4) is 0 Å². The first-order valence-corrected chi connectivity index (χ1v) is 5.66. The average Bonchev–Trinajstić information content (AvgIpc) is 2.28. The van der Waals surface area contributed by atoms with E-state index in [1.807, 2.05) is 25.1 Å². The quantitative estimate of drug-likeness (QED) is 0.482. The second-order valence-corrected chi connectivity index (χ2v) is 3.69. The SMILES string of the molecule is CCOCCCNCc1ccc(N)c(N)c1. The Morgan fingerprint density at radius 1 is 1.25 bits per heavy atom. The molecule has 5 N–H and O–H groups in total. The van der Waals surface area contributed by atoms with E-state index < -0.39 is 0 Å². The van der Waals surface area contributed by atoms with E-state index in [9.17, 15) is 0 Å². The molecule has 4 nitrogen and oxygen atoms in total. The minimum atomic E-state index is 0.639. The van der Waals surface area contributed by atoms with E-state index in [1.165, 1.54) is 0 Å². The molecule has 0 aliphatic carbocycles. The molecule has 0 saturated heterocycles. The molecule has 16 heavy (non-hydrogen) atoms. The summed E-state index contributed by atoms with van der Waals surface area (Å²) in [5.41, 5.74) is 13.8. The van der Waals surface area contributed by atoms with E-state index in [-0.39, 0.29) is 0 Å². The third-order valence-corrected chi connectivity index (χ3v) is 2.33. The van der Waals surface area contributed by atoms with Gasteiger partial charge in [0.15, 0.2) is 0 Å². The Labute approximate surface area is 97.0 Å².